The minimum Gasteiger partial charge on any atom is -0.358 e. The van der Waals surface area contributed by atoms with Crippen LogP contribution in [0.2, 0.25) is 0 Å². The number of nitrogens with one attached hydrogen (secondary N) is 3. The number of nitrogens with zero attached hydrogens (tertiary/aromatic N) is 3. The number of hydrogen-bond donors (Lipinski definition) is 3. The summed E-state index contributed by atoms with van der Waals surface area (Å²) < 4.78 is 1.96. The van der Waals surface area contributed by atoms with Crippen molar-refractivity contribution in [3.8, 4) is 0 Å². The summed E-state index contributed by atoms with van der Waals surface area (Å²) in [6, 6.07) is 10.8. The third-order valence-corrected chi connectivity index (χ3v) is 5.13. The van der Waals surface area contributed by atoms with E-state index in [0.29, 0.717) is 0 Å². The average Bonchev–Trinajstić information content (AvgIpc) is 3.17. The van der Waals surface area contributed by atoms with Gasteiger partial charge in [-0.3, -0.25) is 9.67 Å². The highest BCUT2D eigenvalue weighted by Gasteiger charge is 2.14. The largest absolute Gasteiger partial charge is 0.358 e. The van der Waals surface area contributed by atoms with Gasteiger partial charge in [-0.05, 0) is 57.2 Å². The number of aromatic nitrogens is 3. The fourth-order valence-corrected chi connectivity index (χ4v) is 3.58. The molecule has 1 unspecified atom stereocenters. The molecule has 1 aromatic carbocycles. The minimum absolute atomic E-state index is 0.271. The molecule has 3 rings (SSSR count). The zero-order chi connectivity index (χ0) is 20.1. The Hall–Kier alpha value is -2.76. The number of benzene rings is 1. The number of rotatable bonds is 7. The summed E-state index contributed by atoms with van der Waals surface area (Å²) >= 11 is 0. The highest BCUT2D eigenvalue weighted by Crippen LogP contribution is 2.15. The zero-order valence-electron chi connectivity index (χ0n) is 17.6. The van der Waals surface area contributed by atoms with Crippen LogP contribution in [0.3, 0.4) is 0 Å². The Balaban J connectivity index is 1.60. The van der Waals surface area contributed by atoms with Gasteiger partial charge in [-0.25, -0.2) is 0 Å². The fourth-order valence-electron chi connectivity index (χ4n) is 3.58. The lowest BCUT2D eigenvalue weighted by atomic mass is 10.1. The second-order valence-electron chi connectivity index (χ2n) is 7.41. The molecule has 6 heteroatoms. The maximum Gasteiger partial charge on any atom is 0.191 e. The molecule has 0 spiro atoms. The highest BCUT2D eigenvalue weighted by atomic mass is 15.3. The predicted octanol–water partition coefficient (Wildman–Crippen LogP) is 3.25. The van der Waals surface area contributed by atoms with E-state index in [1.807, 2.05) is 11.7 Å². The monoisotopic (exact) mass is 380 g/mol. The van der Waals surface area contributed by atoms with Gasteiger partial charge in [0.15, 0.2) is 5.96 Å². The third-order valence-electron chi connectivity index (χ3n) is 5.13. The lowest BCUT2D eigenvalue weighted by molar-refractivity contribution is 0.635. The SMILES string of the molecule is CCNC(=NCCc1cc2ccccc2[nH]1)NC(C)Cc1c(C)nn(C)c1C. The van der Waals surface area contributed by atoms with E-state index in [1.54, 1.807) is 0 Å². The fraction of sp³-hybridized carbons (Fsp3) is 0.455. The van der Waals surface area contributed by atoms with E-state index in [1.165, 1.54) is 27.9 Å². The van der Waals surface area contributed by atoms with Gasteiger partial charge < -0.3 is 15.6 Å². The van der Waals surface area contributed by atoms with Crippen LogP contribution in [0.5, 0.6) is 0 Å². The summed E-state index contributed by atoms with van der Waals surface area (Å²) in [5, 5.41) is 12.7. The summed E-state index contributed by atoms with van der Waals surface area (Å²) in [7, 11) is 2.00. The lowest BCUT2D eigenvalue weighted by Gasteiger charge is -2.18. The van der Waals surface area contributed by atoms with Crippen LogP contribution in [-0.2, 0) is 19.9 Å². The van der Waals surface area contributed by atoms with Crippen molar-refractivity contribution in [3.63, 3.8) is 0 Å². The predicted molar refractivity (Wildman–Crippen MR) is 117 cm³/mol. The summed E-state index contributed by atoms with van der Waals surface area (Å²) in [4.78, 5) is 8.23. The molecular weight excluding hydrogens is 348 g/mol. The molecule has 0 saturated heterocycles. The molecule has 28 heavy (non-hydrogen) atoms. The number of para-hydroxylation sites is 1. The number of aryl methyl sites for hydroxylation is 2. The van der Waals surface area contributed by atoms with Gasteiger partial charge in [0.2, 0.25) is 0 Å². The Morgan fingerprint density at radius 2 is 2.07 bits per heavy atom. The van der Waals surface area contributed by atoms with Crippen molar-refractivity contribution in [2.24, 2.45) is 12.0 Å². The van der Waals surface area contributed by atoms with Crippen LogP contribution in [0.15, 0.2) is 35.3 Å². The van der Waals surface area contributed by atoms with Crippen molar-refractivity contribution in [1.29, 1.82) is 0 Å². The van der Waals surface area contributed by atoms with Crippen molar-refractivity contribution in [2.75, 3.05) is 13.1 Å². The molecule has 0 bridgehead atoms. The van der Waals surface area contributed by atoms with Crippen molar-refractivity contribution >= 4 is 16.9 Å². The van der Waals surface area contributed by atoms with E-state index >= 15 is 0 Å². The van der Waals surface area contributed by atoms with E-state index < -0.39 is 0 Å². The normalized spacial score (nSPS) is 13.1. The van der Waals surface area contributed by atoms with E-state index in [0.717, 1.165) is 37.6 Å². The zero-order valence-corrected chi connectivity index (χ0v) is 17.6. The molecule has 0 aliphatic carbocycles. The molecule has 2 aromatic heterocycles. The molecule has 6 nitrogen and oxygen atoms in total. The van der Waals surface area contributed by atoms with Crippen LogP contribution in [0, 0.1) is 13.8 Å². The number of fused-ring (bicyclic) bond motifs is 1. The first-order valence-electron chi connectivity index (χ1n) is 10.1. The number of aliphatic imine (C=N–C) groups is 1. The first-order chi connectivity index (χ1) is 13.5. The molecule has 0 fully saturated rings. The van der Waals surface area contributed by atoms with E-state index in [4.69, 9.17) is 4.99 Å². The van der Waals surface area contributed by atoms with Crippen molar-refractivity contribution in [1.82, 2.24) is 25.4 Å². The number of hydrogen-bond acceptors (Lipinski definition) is 2. The van der Waals surface area contributed by atoms with Gasteiger partial charge in [-0.15, -0.1) is 0 Å². The highest BCUT2D eigenvalue weighted by molar-refractivity contribution is 5.81. The first kappa shape index (κ1) is 20.0. The lowest BCUT2D eigenvalue weighted by Crippen LogP contribution is -2.43. The maximum absolute atomic E-state index is 4.76. The topological polar surface area (TPSA) is 70.0 Å². The number of H-pyrrole nitrogens is 1. The van der Waals surface area contributed by atoms with Gasteiger partial charge in [-0.1, -0.05) is 18.2 Å². The Morgan fingerprint density at radius 3 is 2.75 bits per heavy atom. The molecule has 3 aromatic rings. The minimum atomic E-state index is 0.271. The quantitative estimate of drug-likeness (QED) is 0.435. The maximum atomic E-state index is 4.76. The standard InChI is InChI=1S/C22H32N6/c1-6-23-22(25-15(2)13-20-16(3)27-28(5)17(20)4)24-12-11-19-14-18-9-7-8-10-21(18)26-19/h7-10,14-15,26H,6,11-13H2,1-5H3,(H2,23,24,25). The molecule has 0 aliphatic heterocycles. The van der Waals surface area contributed by atoms with E-state index in [-0.39, 0.29) is 6.04 Å². The van der Waals surface area contributed by atoms with Gasteiger partial charge in [0, 0.05) is 49.5 Å². The first-order valence-corrected chi connectivity index (χ1v) is 10.1. The molecule has 2 heterocycles. The summed E-state index contributed by atoms with van der Waals surface area (Å²) in [5.74, 6) is 0.866. The third kappa shape index (κ3) is 4.74. The van der Waals surface area contributed by atoms with Crippen molar-refractivity contribution in [3.05, 3.63) is 53.0 Å². The second-order valence-corrected chi connectivity index (χ2v) is 7.41. The molecule has 0 saturated carbocycles. The second kappa shape index (κ2) is 8.95. The van der Waals surface area contributed by atoms with Crippen LogP contribution in [0.25, 0.3) is 10.9 Å². The molecule has 0 aliphatic rings. The van der Waals surface area contributed by atoms with Gasteiger partial charge in [0.05, 0.1) is 5.69 Å². The van der Waals surface area contributed by atoms with Crippen LogP contribution in [0.1, 0.15) is 36.5 Å². The average molecular weight is 381 g/mol. The van der Waals surface area contributed by atoms with Crippen LogP contribution in [-0.4, -0.2) is 39.9 Å². The van der Waals surface area contributed by atoms with Crippen LogP contribution < -0.4 is 10.6 Å². The van der Waals surface area contributed by atoms with Crippen LogP contribution in [0.4, 0.5) is 0 Å². The summed E-state index contributed by atoms with van der Waals surface area (Å²) in [5.41, 5.74) is 6.05. The molecule has 150 valence electrons. The van der Waals surface area contributed by atoms with Crippen molar-refractivity contribution < 1.29 is 0 Å². The number of aromatic amines is 1. The Morgan fingerprint density at radius 1 is 1.29 bits per heavy atom. The smallest absolute Gasteiger partial charge is 0.191 e. The van der Waals surface area contributed by atoms with Crippen molar-refractivity contribution in [2.45, 2.75) is 46.6 Å². The summed E-state index contributed by atoms with van der Waals surface area (Å²) in [6.45, 7) is 10.1. The van der Waals surface area contributed by atoms with E-state index in [9.17, 15) is 0 Å². The van der Waals surface area contributed by atoms with Gasteiger partial charge >= 0.3 is 0 Å². The van der Waals surface area contributed by atoms with Gasteiger partial charge in [0.25, 0.3) is 0 Å². The molecule has 1 atom stereocenters. The molecule has 0 radical (unpaired) electrons. The Labute approximate surface area is 167 Å². The molecular formula is C22H32N6. The van der Waals surface area contributed by atoms with Crippen LogP contribution >= 0.6 is 0 Å². The summed E-state index contributed by atoms with van der Waals surface area (Å²) in [6.07, 6.45) is 1.82. The van der Waals surface area contributed by atoms with Gasteiger partial charge in [-0.2, -0.15) is 5.10 Å². The van der Waals surface area contributed by atoms with Gasteiger partial charge in [0.1, 0.15) is 0 Å². The van der Waals surface area contributed by atoms with E-state index in [2.05, 4.69) is 78.7 Å². The molecule has 0 amide bonds. The molecule has 3 N–H and O–H groups in total. The Bertz CT molecular complexity index is 916. The number of guanidine groups is 1. The Kier molecular flexibility index (Phi) is 6.39.